The van der Waals surface area contributed by atoms with E-state index in [1.54, 1.807) is 23.7 Å². The first kappa shape index (κ1) is 18.7. The van der Waals surface area contributed by atoms with E-state index in [4.69, 9.17) is 4.74 Å². The Kier molecular flexibility index (Phi) is 5.73. The predicted molar refractivity (Wildman–Crippen MR) is 115 cm³/mol. The minimum atomic E-state index is -0.108. The van der Waals surface area contributed by atoms with Crippen LogP contribution in [0.1, 0.15) is 16.1 Å². The van der Waals surface area contributed by atoms with Crippen molar-refractivity contribution in [2.75, 3.05) is 6.61 Å². The van der Waals surface area contributed by atoms with E-state index in [0.717, 1.165) is 25.3 Å². The molecule has 4 rings (SSSR count). The van der Waals surface area contributed by atoms with Crippen LogP contribution >= 0.6 is 27.3 Å². The monoisotopic (exact) mass is 455 g/mol. The summed E-state index contributed by atoms with van der Waals surface area (Å²) in [6, 6.07) is 17.5. The summed E-state index contributed by atoms with van der Waals surface area (Å²) in [5.74, 6) is 0.711. The van der Waals surface area contributed by atoms with Crippen LogP contribution in [0.3, 0.4) is 0 Å². The SMILES string of the molecule is O=C(NCc1cccnc1)c1cc2sc(Br)cc2n1CCOc1ccccc1. The van der Waals surface area contributed by atoms with Gasteiger partial charge in [-0.15, -0.1) is 11.3 Å². The van der Waals surface area contributed by atoms with Crippen molar-refractivity contribution >= 4 is 43.4 Å². The quantitative estimate of drug-likeness (QED) is 0.432. The lowest BCUT2D eigenvalue weighted by atomic mass is 10.3. The van der Waals surface area contributed by atoms with Gasteiger partial charge in [-0.05, 0) is 51.8 Å². The molecule has 0 spiro atoms. The van der Waals surface area contributed by atoms with Crippen molar-refractivity contribution < 1.29 is 9.53 Å². The standard InChI is InChI=1S/C21H18BrN3O2S/c22-20-12-17-19(28-20)11-18(21(26)24-14-15-5-4-8-23-13-15)25(17)9-10-27-16-6-2-1-3-7-16/h1-8,11-13H,9-10,14H2,(H,24,26). The van der Waals surface area contributed by atoms with E-state index < -0.39 is 0 Å². The van der Waals surface area contributed by atoms with Crippen molar-refractivity contribution in [2.45, 2.75) is 13.1 Å². The maximum absolute atomic E-state index is 12.8. The average molecular weight is 456 g/mol. The van der Waals surface area contributed by atoms with Gasteiger partial charge in [-0.25, -0.2) is 0 Å². The number of thiophene rings is 1. The molecule has 0 aliphatic carbocycles. The smallest absolute Gasteiger partial charge is 0.268 e. The van der Waals surface area contributed by atoms with Gasteiger partial charge in [-0.2, -0.15) is 0 Å². The summed E-state index contributed by atoms with van der Waals surface area (Å²) in [6.45, 7) is 1.50. The normalized spacial score (nSPS) is 10.9. The number of aromatic nitrogens is 2. The van der Waals surface area contributed by atoms with E-state index in [9.17, 15) is 4.79 Å². The molecule has 3 heterocycles. The van der Waals surface area contributed by atoms with Crippen LogP contribution in [0.4, 0.5) is 0 Å². The number of benzene rings is 1. The molecule has 4 aromatic rings. The highest BCUT2D eigenvalue weighted by Gasteiger charge is 2.17. The van der Waals surface area contributed by atoms with Crippen molar-refractivity contribution in [3.8, 4) is 5.75 Å². The first-order valence-corrected chi connectivity index (χ1v) is 10.4. The highest BCUT2D eigenvalue weighted by Crippen LogP contribution is 2.32. The number of carbonyl (C=O) groups excluding carboxylic acids is 1. The van der Waals surface area contributed by atoms with Gasteiger partial charge in [-0.1, -0.05) is 24.3 Å². The van der Waals surface area contributed by atoms with E-state index in [-0.39, 0.29) is 5.91 Å². The number of carbonyl (C=O) groups is 1. The Hall–Kier alpha value is -2.64. The van der Waals surface area contributed by atoms with E-state index in [2.05, 4.69) is 26.2 Å². The Bertz CT molecular complexity index is 1080. The maximum atomic E-state index is 12.8. The molecule has 0 radical (unpaired) electrons. The Morgan fingerprint density at radius 1 is 1.18 bits per heavy atom. The summed E-state index contributed by atoms with van der Waals surface area (Å²) in [4.78, 5) is 16.9. The van der Waals surface area contributed by atoms with Crippen molar-refractivity contribution in [3.63, 3.8) is 0 Å². The molecule has 0 unspecified atom stereocenters. The number of ether oxygens (including phenoxy) is 1. The average Bonchev–Trinajstić information content (AvgIpc) is 3.24. The number of para-hydroxylation sites is 1. The Morgan fingerprint density at radius 3 is 2.82 bits per heavy atom. The van der Waals surface area contributed by atoms with Crippen molar-refractivity contribution in [2.24, 2.45) is 0 Å². The second kappa shape index (κ2) is 8.58. The minimum absolute atomic E-state index is 0.108. The zero-order valence-corrected chi connectivity index (χ0v) is 17.4. The predicted octanol–water partition coefficient (Wildman–Crippen LogP) is 4.87. The van der Waals surface area contributed by atoms with Crippen LogP contribution in [-0.4, -0.2) is 22.1 Å². The zero-order valence-electron chi connectivity index (χ0n) is 15.0. The van der Waals surface area contributed by atoms with Crippen molar-refractivity contribution in [3.05, 3.63) is 82.0 Å². The van der Waals surface area contributed by atoms with Gasteiger partial charge >= 0.3 is 0 Å². The molecule has 0 aliphatic rings. The molecule has 5 nitrogen and oxygen atoms in total. The summed E-state index contributed by atoms with van der Waals surface area (Å²) >= 11 is 5.15. The Labute approximate surface area is 175 Å². The molecule has 0 atom stereocenters. The highest BCUT2D eigenvalue weighted by atomic mass is 79.9. The summed E-state index contributed by atoms with van der Waals surface area (Å²) in [5, 5.41) is 2.98. The van der Waals surface area contributed by atoms with Crippen LogP contribution in [0.5, 0.6) is 5.75 Å². The highest BCUT2D eigenvalue weighted by molar-refractivity contribution is 9.11. The number of fused-ring (bicyclic) bond motifs is 1. The summed E-state index contributed by atoms with van der Waals surface area (Å²) in [6.07, 6.45) is 3.47. The van der Waals surface area contributed by atoms with E-state index in [0.29, 0.717) is 25.4 Å². The minimum Gasteiger partial charge on any atom is -0.492 e. The third kappa shape index (κ3) is 4.26. The van der Waals surface area contributed by atoms with Crippen LogP contribution in [-0.2, 0) is 13.1 Å². The molecule has 3 aromatic heterocycles. The van der Waals surface area contributed by atoms with Gasteiger partial charge < -0.3 is 14.6 Å². The first-order chi connectivity index (χ1) is 13.7. The number of pyridine rings is 1. The lowest BCUT2D eigenvalue weighted by Crippen LogP contribution is -2.26. The van der Waals surface area contributed by atoms with Gasteiger partial charge in [0.05, 0.1) is 20.5 Å². The second-order valence-electron chi connectivity index (χ2n) is 6.19. The number of amides is 1. The summed E-state index contributed by atoms with van der Waals surface area (Å²) in [7, 11) is 0. The molecule has 0 saturated heterocycles. The number of halogens is 1. The largest absolute Gasteiger partial charge is 0.492 e. The van der Waals surface area contributed by atoms with Gasteiger partial charge in [0.2, 0.25) is 0 Å². The molecule has 1 aromatic carbocycles. The molecule has 0 aliphatic heterocycles. The fraction of sp³-hybridized carbons (Fsp3) is 0.143. The maximum Gasteiger partial charge on any atom is 0.268 e. The molecular weight excluding hydrogens is 438 g/mol. The van der Waals surface area contributed by atoms with E-state index in [1.807, 2.05) is 59.2 Å². The molecule has 0 bridgehead atoms. The van der Waals surface area contributed by atoms with Gasteiger partial charge in [0, 0.05) is 18.9 Å². The Balaban J connectivity index is 1.51. The zero-order chi connectivity index (χ0) is 19.3. The number of hydrogen-bond donors (Lipinski definition) is 1. The van der Waals surface area contributed by atoms with Crippen LogP contribution < -0.4 is 10.1 Å². The number of rotatable bonds is 7. The van der Waals surface area contributed by atoms with E-state index >= 15 is 0 Å². The molecule has 1 N–H and O–H groups in total. The van der Waals surface area contributed by atoms with Gasteiger partial charge in [0.1, 0.15) is 18.1 Å². The lowest BCUT2D eigenvalue weighted by molar-refractivity contribution is 0.0941. The molecule has 142 valence electrons. The second-order valence-corrected chi connectivity index (χ2v) is 8.65. The van der Waals surface area contributed by atoms with Gasteiger partial charge in [-0.3, -0.25) is 9.78 Å². The third-order valence-electron chi connectivity index (χ3n) is 4.29. The summed E-state index contributed by atoms with van der Waals surface area (Å²) < 4.78 is 9.95. The molecule has 0 saturated carbocycles. The molecular formula is C21H18BrN3O2S. The number of nitrogens with one attached hydrogen (secondary N) is 1. The molecule has 7 heteroatoms. The van der Waals surface area contributed by atoms with Crippen LogP contribution in [0.25, 0.3) is 10.2 Å². The van der Waals surface area contributed by atoms with Crippen LogP contribution in [0.15, 0.2) is 70.8 Å². The van der Waals surface area contributed by atoms with Gasteiger partial charge in [0.15, 0.2) is 0 Å². The van der Waals surface area contributed by atoms with Crippen LogP contribution in [0, 0.1) is 0 Å². The fourth-order valence-corrected chi connectivity index (χ4v) is 4.55. The Morgan fingerprint density at radius 2 is 2.04 bits per heavy atom. The lowest BCUT2D eigenvalue weighted by Gasteiger charge is -2.12. The summed E-state index contributed by atoms with van der Waals surface area (Å²) in [5.41, 5.74) is 2.63. The number of nitrogens with zero attached hydrogens (tertiary/aromatic N) is 2. The van der Waals surface area contributed by atoms with Crippen molar-refractivity contribution in [1.29, 1.82) is 0 Å². The topological polar surface area (TPSA) is 56.2 Å². The van der Waals surface area contributed by atoms with Crippen molar-refractivity contribution in [1.82, 2.24) is 14.9 Å². The van der Waals surface area contributed by atoms with Crippen LogP contribution in [0.2, 0.25) is 0 Å². The van der Waals surface area contributed by atoms with E-state index in [1.165, 1.54) is 0 Å². The molecule has 0 fully saturated rings. The first-order valence-electron chi connectivity index (χ1n) is 8.84. The number of hydrogen-bond acceptors (Lipinski definition) is 4. The third-order valence-corrected chi connectivity index (χ3v) is 5.87. The molecule has 1 amide bonds. The van der Waals surface area contributed by atoms with Gasteiger partial charge in [0.25, 0.3) is 5.91 Å². The molecule has 28 heavy (non-hydrogen) atoms. The fourth-order valence-electron chi connectivity index (χ4n) is 2.99.